The second-order valence-corrected chi connectivity index (χ2v) is 6.73. The fourth-order valence-corrected chi connectivity index (χ4v) is 3.27. The Balaban J connectivity index is 1.64. The van der Waals surface area contributed by atoms with Gasteiger partial charge in [-0.3, -0.25) is 4.79 Å². The van der Waals surface area contributed by atoms with E-state index in [0.717, 1.165) is 44.1 Å². The van der Waals surface area contributed by atoms with Gasteiger partial charge in [0, 0.05) is 50.2 Å². The Labute approximate surface area is 160 Å². The van der Waals surface area contributed by atoms with Gasteiger partial charge in [0.1, 0.15) is 5.82 Å². The van der Waals surface area contributed by atoms with Crippen LogP contribution < -0.4 is 10.2 Å². The molecule has 1 aromatic carbocycles. The third-order valence-electron chi connectivity index (χ3n) is 4.96. The van der Waals surface area contributed by atoms with Crippen LogP contribution in [0, 0.1) is 11.3 Å². The van der Waals surface area contributed by atoms with E-state index in [1.54, 1.807) is 18.2 Å². The minimum absolute atomic E-state index is 0.0262. The van der Waals surface area contributed by atoms with E-state index in [-0.39, 0.29) is 5.78 Å². The van der Waals surface area contributed by atoms with Crippen molar-refractivity contribution in [3.8, 4) is 6.07 Å². The normalized spacial score (nSPS) is 14.6. The monoisotopic (exact) mass is 363 g/mol. The number of Topliss-reactive ketones (excluding diaryl/α,β-unsaturated/α-hetero) is 1. The number of carbonyl (C=O) groups is 1. The zero-order chi connectivity index (χ0) is 19.2. The number of nitrogens with one attached hydrogen (secondary N) is 1. The molecule has 1 aliphatic heterocycles. The van der Waals surface area contributed by atoms with Crippen LogP contribution in [0.15, 0.2) is 36.5 Å². The van der Waals surface area contributed by atoms with E-state index in [9.17, 15) is 4.79 Å². The van der Waals surface area contributed by atoms with E-state index >= 15 is 0 Å². The molecule has 0 bridgehead atoms. The quantitative estimate of drug-likeness (QED) is 0.796. The fourth-order valence-electron chi connectivity index (χ4n) is 3.27. The van der Waals surface area contributed by atoms with E-state index in [4.69, 9.17) is 5.26 Å². The Bertz CT molecular complexity index is 833. The Hall–Kier alpha value is -2.91. The van der Waals surface area contributed by atoms with Gasteiger partial charge in [-0.25, -0.2) is 4.98 Å². The number of nitrogens with zero attached hydrogens (tertiary/aromatic N) is 4. The molecule has 6 nitrogen and oxygen atoms in total. The largest absolute Gasteiger partial charge is 0.380 e. The van der Waals surface area contributed by atoms with Gasteiger partial charge < -0.3 is 15.1 Å². The molecule has 140 valence electrons. The van der Waals surface area contributed by atoms with Crippen LogP contribution in [0.3, 0.4) is 0 Å². The first-order valence-electron chi connectivity index (χ1n) is 9.32. The zero-order valence-electron chi connectivity index (χ0n) is 15.9. The lowest BCUT2D eigenvalue weighted by molar-refractivity contribution is 0.101. The maximum Gasteiger partial charge on any atom is 0.161 e. The van der Waals surface area contributed by atoms with Crippen LogP contribution in [0.25, 0.3) is 0 Å². The third kappa shape index (κ3) is 4.63. The van der Waals surface area contributed by atoms with Crippen LogP contribution >= 0.6 is 0 Å². The zero-order valence-corrected chi connectivity index (χ0v) is 15.9. The molecule has 2 heterocycles. The van der Waals surface area contributed by atoms with Crippen molar-refractivity contribution in [3.05, 3.63) is 53.2 Å². The number of aromatic nitrogens is 1. The smallest absolute Gasteiger partial charge is 0.161 e. The second-order valence-electron chi connectivity index (χ2n) is 6.73. The number of benzene rings is 1. The predicted molar refractivity (Wildman–Crippen MR) is 107 cm³/mol. The molecular formula is C21H25N5O. The molecule has 2 aromatic rings. The number of ketones is 1. The van der Waals surface area contributed by atoms with Crippen LogP contribution in [0.2, 0.25) is 0 Å². The second kappa shape index (κ2) is 8.65. The highest BCUT2D eigenvalue weighted by molar-refractivity contribution is 5.99. The molecule has 0 spiro atoms. The maximum absolute atomic E-state index is 11.8. The van der Waals surface area contributed by atoms with Crippen molar-refractivity contribution in [2.45, 2.75) is 20.4 Å². The molecule has 1 fully saturated rings. The van der Waals surface area contributed by atoms with Gasteiger partial charge in [-0.05, 0) is 43.3 Å². The summed E-state index contributed by atoms with van der Waals surface area (Å²) in [5, 5.41) is 12.3. The van der Waals surface area contributed by atoms with Gasteiger partial charge in [-0.2, -0.15) is 5.26 Å². The summed E-state index contributed by atoms with van der Waals surface area (Å²) in [6.07, 6.45) is 1.87. The van der Waals surface area contributed by atoms with Crippen LogP contribution in [-0.2, 0) is 6.54 Å². The number of hydrogen-bond acceptors (Lipinski definition) is 6. The van der Waals surface area contributed by atoms with Crippen LogP contribution in [-0.4, -0.2) is 48.4 Å². The number of carbonyl (C=O) groups excluding carboxylic acids is 1. The first-order valence-corrected chi connectivity index (χ1v) is 9.32. The molecule has 1 aromatic heterocycles. The Morgan fingerprint density at radius 2 is 2.00 bits per heavy atom. The van der Waals surface area contributed by atoms with Gasteiger partial charge in [0.25, 0.3) is 0 Å². The highest BCUT2D eigenvalue weighted by Gasteiger charge is 2.16. The molecule has 0 radical (unpaired) electrons. The Morgan fingerprint density at radius 3 is 2.59 bits per heavy atom. The predicted octanol–water partition coefficient (Wildman–Crippen LogP) is 2.91. The fraction of sp³-hybridized carbons (Fsp3) is 0.381. The molecule has 6 heteroatoms. The summed E-state index contributed by atoms with van der Waals surface area (Å²) in [4.78, 5) is 21.2. The third-order valence-corrected chi connectivity index (χ3v) is 4.96. The molecule has 1 aliphatic rings. The summed E-state index contributed by atoms with van der Waals surface area (Å²) in [7, 11) is 0. The summed E-state index contributed by atoms with van der Waals surface area (Å²) in [6, 6.07) is 11.3. The molecule has 0 saturated carbocycles. The molecule has 0 unspecified atom stereocenters. The summed E-state index contributed by atoms with van der Waals surface area (Å²) >= 11 is 0. The highest BCUT2D eigenvalue weighted by atomic mass is 16.1. The average Bonchev–Trinajstić information content (AvgIpc) is 2.72. The molecular weight excluding hydrogens is 338 g/mol. The number of rotatable bonds is 6. The average molecular weight is 363 g/mol. The van der Waals surface area contributed by atoms with E-state index < -0.39 is 0 Å². The lowest BCUT2D eigenvalue weighted by Gasteiger charge is -2.34. The van der Waals surface area contributed by atoms with Gasteiger partial charge in [-0.1, -0.05) is 13.0 Å². The molecule has 27 heavy (non-hydrogen) atoms. The topological polar surface area (TPSA) is 72.3 Å². The molecule has 0 amide bonds. The summed E-state index contributed by atoms with van der Waals surface area (Å²) in [5.41, 5.74) is 2.83. The molecule has 3 rings (SSSR count). The van der Waals surface area contributed by atoms with E-state index in [1.807, 2.05) is 6.20 Å². The lowest BCUT2D eigenvalue weighted by atomic mass is 10.1. The van der Waals surface area contributed by atoms with Gasteiger partial charge in [0.2, 0.25) is 0 Å². The van der Waals surface area contributed by atoms with Crippen molar-refractivity contribution in [2.24, 2.45) is 0 Å². The van der Waals surface area contributed by atoms with Crippen molar-refractivity contribution < 1.29 is 4.79 Å². The summed E-state index contributed by atoms with van der Waals surface area (Å²) in [6.45, 7) is 9.52. The van der Waals surface area contributed by atoms with E-state index in [1.165, 1.54) is 6.92 Å². The number of hydrogen-bond donors (Lipinski definition) is 1. The minimum Gasteiger partial charge on any atom is -0.380 e. The van der Waals surface area contributed by atoms with Crippen molar-refractivity contribution in [1.82, 2.24) is 9.88 Å². The van der Waals surface area contributed by atoms with Crippen LogP contribution in [0.5, 0.6) is 0 Å². The SMILES string of the molecule is CCN1CCN(c2ccc(CNc3cc(C#N)ccc3C(C)=O)cn2)CC1. The highest BCUT2D eigenvalue weighted by Crippen LogP contribution is 2.20. The van der Waals surface area contributed by atoms with Gasteiger partial charge in [0.05, 0.1) is 11.6 Å². The maximum atomic E-state index is 11.8. The summed E-state index contributed by atoms with van der Waals surface area (Å²) < 4.78 is 0. The number of pyridine rings is 1. The van der Waals surface area contributed by atoms with Crippen LogP contribution in [0.1, 0.15) is 35.3 Å². The van der Waals surface area contributed by atoms with Crippen LogP contribution in [0.4, 0.5) is 11.5 Å². The van der Waals surface area contributed by atoms with Gasteiger partial charge in [-0.15, -0.1) is 0 Å². The first kappa shape index (κ1) is 18.9. The number of anilines is 2. The number of likely N-dealkylation sites (N-methyl/N-ethyl adjacent to an activating group) is 1. The Morgan fingerprint density at radius 1 is 1.22 bits per heavy atom. The van der Waals surface area contributed by atoms with Crippen molar-refractivity contribution in [3.63, 3.8) is 0 Å². The van der Waals surface area contributed by atoms with Gasteiger partial charge in [0.15, 0.2) is 5.78 Å². The lowest BCUT2D eigenvalue weighted by Crippen LogP contribution is -2.46. The molecule has 0 aliphatic carbocycles. The van der Waals surface area contributed by atoms with Crippen molar-refractivity contribution in [1.29, 1.82) is 5.26 Å². The van der Waals surface area contributed by atoms with Gasteiger partial charge >= 0.3 is 0 Å². The Kier molecular flexibility index (Phi) is 6.05. The molecule has 1 saturated heterocycles. The molecule has 0 atom stereocenters. The van der Waals surface area contributed by atoms with Crippen molar-refractivity contribution in [2.75, 3.05) is 42.9 Å². The summed E-state index contributed by atoms with van der Waals surface area (Å²) in [5.74, 6) is 0.979. The molecule has 1 N–H and O–H groups in total. The van der Waals surface area contributed by atoms with E-state index in [0.29, 0.717) is 23.4 Å². The first-order chi connectivity index (χ1) is 13.1. The minimum atomic E-state index is -0.0262. The standard InChI is InChI=1S/C21H25N5O/c1-3-25-8-10-26(11-9-25)21-7-5-18(15-24-21)14-23-20-12-17(13-22)4-6-19(20)16(2)27/h4-7,12,15,23H,3,8-11,14H2,1-2H3. The number of nitriles is 1. The van der Waals surface area contributed by atoms with E-state index in [2.05, 4.69) is 45.2 Å². The number of piperazine rings is 1. The van der Waals surface area contributed by atoms with Crippen molar-refractivity contribution >= 4 is 17.3 Å².